The number of benzene rings is 1. The van der Waals surface area contributed by atoms with E-state index in [1.54, 1.807) is 11.8 Å². The maximum atomic E-state index is 12.3. The average Bonchev–Trinajstić information content (AvgIpc) is 2.35. The van der Waals surface area contributed by atoms with Crippen molar-refractivity contribution in [1.29, 1.82) is 0 Å². The van der Waals surface area contributed by atoms with Crippen LogP contribution in [0.15, 0.2) is 42.0 Å². The van der Waals surface area contributed by atoms with Gasteiger partial charge in [-0.05, 0) is 6.07 Å². The molecule has 94 valence electrons. The Hall–Kier alpha value is -1.55. The summed E-state index contributed by atoms with van der Waals surface area (Å²) >= 11 is 1.63. The lowest BCUT2D eigenvalue weighted by atomic mass is 9.91. The first-order valence-corrected chi connectivity index (χ1v) is 6.61. The molecule has 1 aromatic rings. The molecule has 1 heterocycles. The van der Waals surface area contributed by atoms with Gasteiger partial charge in [-0.3, -0.25) is 9.59 Å². The summed E-state index contributed by atoms with van der Waals surface area (Å²) in [5, 5.41) is 0.0739. The van der Waals surface area contributed by atoms with E-state index in [0.29, 0.717) is 5.56 Å². The van der Waals surface area contributed by atoms with Crippen molar-refractivity contribution in [3.05, 3.63) is 42.7 Å². The molecule has 2 atom stereocenters. The van der Waals surface area contributed by atoms with Gasteiger partial charge in [-0.1, -0.05) is 31.7 Å². The number of esters is 1. The topological polar surface area (TPSA) is 43.4 Å². The van der Waals surface area contributed by atoms with Crippen LogP contribution >= 0.6 is 11.8 Å². The third kappa shape index (κ3) is 2.48. The van der Waals surface area contributed by atoms with Gasteiger partial charge in [0.15, 0.2) is 5.78 Å². The Bertz CT molecular complexity index is 496. The molecule has 1 aromatic carbocycles. The summed E-state index contributed by atoms with van der Waals surface area (Å²) in [7, 11) is 0. The van der Waals surface area contributed by atoms with E-state index < -0.39 is 5.97 Å². The number of hydrogen-bond acceptors (Lipinski definition) is 4. The van der Waals surface area contributed by atoms with Crippen LogP contribution in [0.5, 0.6) is 0 Å². The molecule has 0 bridgehead atoms. The number of carbonyl (C=O) groups excluding carboxylic acids is 2. The highest BCUT2D eigenvalue weighted by Crippen LogP contribution is 2.39. The Morgan fingerprint density at radius 2 is 2.22 bits per heavy atom. The van der Waals surface area contributed by atoms with Crippen molar-refractivity contribution in [3.8, 4) is 0 Å². The predicted octanol–water partition coefficient (Wildman–Crippen LogP) is 3.06. The summed E-state index contributed by atoms with van der Waals surface area (Å²) in [6.45, 7) is 5.30. The average molecular weight is 262 g/mol. The number of hydrogen-bond donors (Lipinski definition) is 0. The monoisotopic (exact) mass is 262 g/mol. The number of rotatable bonds is 3. The Balaban J connectivity index is 2.21. The molecule has 0 amide bonds. The minimum absolute atomic E-state index is 0.0258. The van der Waals surface area contributed by atoms with Crippen LogP contribution in [-0.2, 0) is 9.53 Å². The van der Waals surface area contributed by atoms with Gasteiger partial charge in [-0.25, -0.2) is 0 Å². The number of Topliss-reactive ketones (excluding diaryl/α,β-unsaturated/α-hetero) is 1. The highest BCUT2D eigenvalue weighted by Gasteiger charge is 2.35. The number of fused-ring (bicyclic) bond motifs is 1. The van der Waals surface area contributed by atoms with Crippen molar-refractivity contribution in [1.82, 2.24) is 0 Å². The van der Waals surface area contributed by atoms with Gasteiger partial charge in [0.1, 0.15) is 0 Å². The second kappa shape index (κ2) is 5.40. The Morgan fingerprint density at radius 1 is 1.50 bits per heavy atom. The Labute approximate surface area is 110 Å². The molecule has 0 aliphatic carbocycles. The van der Waals surface area contributed by atoms with Crippen molar-refractivity contribution in [2.45, 2.75) is 23.5 Å². The van der Waals surface area contributed by atoms with Gasteiger partial charge in [0.2, 0.25) is 0 Å². The molecular weight excluding hydrogens is 248 g/mol. The van der Waals surface area contributed by atoms with E-state index in [-0.39, 0.29) is 23.4 Å². The van der Waals surface area contributed by atoms with Gasteiger partial charge in [0.25, 0.3) is 0 Å². The fourth-order valence-corrected chi connectivity index (χ4v) is 3.28. The summed E-state index contributed by atoms with van der Waals surface area (Å²) in [4.78, 5) is 24.8. The summed E-state index contributed by atoms with van der Waals surface area (Å²) in [6, 6.07) is 7.50. The van der Waals surface area contributed by atoms with E-state index in [1.165, 1.54) is 0 Å². The van der Waals surface area contributed by atoms with E-state index in [1.807, 2.05) is 31.2 Å². The lowest BCUT2D eigenvalue weighted by Gasteiger charge is -2.27. The largest absolute Gasteiger partial charge is 0.435 e. The maximum absolute atomic E-state index is 12.3. The summed E-state index contributed by atoms with van der Waals surface area (Å²) in [6.07, 6.45) is 1.20. The molecule has 4 heteroatoms. The molecule has 0 fully saturated rings. The molecule has 1 aliphatic rings. The van der Waals surface area contributed by atoms with Gasteiger partial charge in [0, 0.05) is 21.6 Å². The van der Waals surface area contributed by atoms with E-state index in [9.17, 15) is 9.59 Å². The van der Waals surface area contributed by atoms with Gasteiger partial charge < -0.3 is 4.74 Å². The van der Waals surface area contributed by atoms with Gasteiger partial charge >= 0.3 is 5.97 Å². The van der Waals surface area contributed by atoms with E-state index in [2.05, 4.69) is 6.58 Å². The van der Waals surface area contributed by atoms with Crippen LogP contribution in [0.3, 0.4) is 0 Å². The summed E-state index contributed by atoms with van der Waals surface area (Å²) in [5.41, 5.74) is 0.706. The normalized spacial score (nSPS) is 22.2. The lowest BCUT2D eigenvalue weighted by molar-refractivity contribution is -0.138. The van der Waals surface area contributed by atoms with Gasteiger partial charge in [0.05, 0.1) is 12.7 Å². The minimum atomic E-state index is -0.407. The minimum Gasteiger partial charge on any atom is -0.435 e. The molecule has 0 N–H and O–H groups in total. The van der Waals surface area contributed by atoms with Crippen molar-refractivity contribution < 1.29 is 14.3 Å². The van der Waals surface area contributed by atoms with Crippen molar-refractivity contribution in [3.63, 3.8) is 0 Å². The Morgan fingerprint density at radius 3 is 2.94 bits per heavy atom. The molecule has 18 heavy (non-hydrogen) atoms. The van der Waals surface area contributed by atoms with Crippen LogP contribution in [0.2, 0.25) is 0 Å². The second-order valence-electron chi connectivity index (χ2n) is 4.15. The number of ether oxygens (including phenoxy) is 1. The van der Waals surface area contributed by atoms with Crippen LogP contribution in [0.4, 0.5) is 0 Å². The predicted molar refractivity (Wildman–Crippen MR) is 70.5 cm³/mol. The molecule has 1 aliphatic heterocycles. The molecule has 2 rings (SSSR count). The zero-order valence-electron chi connectivity index (χ0n) is 10.1. The van der Waals surface area contributed by atoms with E-state index >= 15 is 0 Å². The first-order chi connectivity index (χ1) is 8.63. The smallest absolute Gasteiger partial charge is 0.311 e. The van der Waals surface area contributed by atoms with Crippen LogP contribution in [0.25, 0.3) is 0 Å². The van der Waals surface area contributed by atoms with Crippen LogP contribution in [0, 0.1) is 5.92 Å². The molecule has 0 aromatic heterocycles. The SMILES string of the molecule is C=COC(=O)CC1C(=O)c2ccccc2SC1C. The van der Waals surface area contributed by atoms with Crippen molar-refractivity contribution in [2.75, 3.05) is 0 Å². The van der Waals surface area contributed by atoms with Crippen LogP contribution in [-0.4, -0.2) is 17.0 Å². The van der Waals surface area contributed by atoms with Crippen LogP contribution < -0.4 is 0 Å². The molecule has 0 saturated carbocycles. The fraction of sp³-hybridized carbons (Fsp3) is 0.286. The lowest BCUT2D eigenvalue weighted by Crippen LogP contribution is -2.30. The molecule has 0 spiro atoms. The van der Waals surface area contributed by atoms with E-state index in [0.717, 1.165) is 11.2 Å². The molecule has 3 nitrogen and oxygen atoms in total. The standard InChI is InChI=1S/C14H14O3S/c1-3-17-13(15)8-11-9(2)18-12-7-5-4-6-10(12)14(11)16/h3-7,9,11H,1,8H2,2H3. The summed E-state index contributed by atoms with van der Waals surface area (Å²) in [5.74, 6) is -0.703. The molecule has 0 radical (unpaired) electrons. The zero-order chi connectivity index (χ0) is 13.1. The fourth-order valence-electron chi connectivity index (χ4n) is 2.05. The highest BCUT2D eigenvalue weighted by molar-refractivity contribution is 8.00. The Kier molecular flexibility index (Phi) is 3.87. The summed E-state index contributed by atoms with van der Waals surface area (Å²) < 4.78 is 4.69. The number of carbonyl (C=O) groups is 2. The quantitative estimate of drug-likeness (QED) is 0.620. The third-order valence-corrected chi connectivity index (χ3v) is 4.28. The number of thioether (sulfide) groups is 1. The third-order valence-electron chi connectivity index (χ3n) is 2.97. The number of ketones is 1. The zero-order valence-corrected chi connectivity index (χ0v) is 10.9. The first-order valence-electron chi connectivity index (χ1n) is 5.73. The maximum Gasteiger partial charge on any atom is 0.311 e. The molecular formula is C14H14O3S. The van der Waals surface area contributed by atoms with Crippen molar-refractivity contribution in [2.24, 2.45) is 5.92 Å². The van der Waals surface area contributed by atoms with Crippen molar-refractivity contribution >= 4 is 23.5 Å². The van der Waals surface area contributed by atoms with Gasteiger partial charge in [-0.2, -0.15) is 0 Å². The molecule has 0 saturated heterocycles. The van der Waals surface area contributed by atoms with E-state index in [4.69, 9.17) is 4.74 Å². The second-order valence-corrected chi connectivity index (χ2v) is 5.57. The van der Waals surface area contributed by atoms with Gasteiger partial charge in [-0.15, -0.1) is 11.8 Å². The molecule has 2 unspecified atom stereocenters. The van der Waals surface area contributed by atoms with Crippen LogP contribution in [0.1, 0.15) is 23.7 Å². The highest BCUT2D eigenvalue weighted by atomic mass is 32.2. The first kappa shape index (κ1) is 12.9.